The molecule has 0 spiro atoms. The molecule has 0 aliphatic rings. The summed E-state index contributed by atoms with van der Waals surface area (Å²) in [4.78, 5) is 17.5. The van der Waals surface area contributed by atoms with Crippen LogP contribution in [0.2, 0.25) is 5.02 Å². The maximum Gasteiger partial charge on any atom is 0.350 e. The van der Waals surface area contributed by atoms with E-state index in [1.165, 1.54) is 11.3 Å². The molecule has 0 radical (unpaired) electrons. The Bertz CT molecular complexity index is 860. The first-order chi connectivity index (χ1) is 11.6. The number of thiazole rings is 1. The van der Waals surface area contributed by atoms with Crippen LogP contribution in [0.1, 0.15) is 16.6 Å². The number of halogens is 2. The fourth-order valence-electron chi connectivity index (χ4n) is 2.17. The van der Waals surface area contributed by atoms with Crippen molar-refractivity contribution >= 4 is 44.8 Å². The van der Waals surface area contributed by atoms with E-state index in [-0.39, 0.29) is 5.97 Å². The summed E-state index contributed by atoms with van der Waals surface area (Å²) in [6.45, 7) is 2.12. The maximum absolute atomic E-state index is 12.3. The lowest BCUT2D eigenvalue weighted by atomic mass is 10.1. The van der Waals surface area contributed by atoms with Crippen molar-refractivity contribution in [3.05, 3.63) is 62.9 Å². The number of rotatable bonds is 4. The number of hydrogen-bond acceptors (Lipinski definition) is 4. The van der Waals surface area contributed by atoms with E-state index in [1.54, 1.807) is 6.92 Å². The molecule has 1 aromatic heterocycles. The molecule has 0 saturated carbocycles. The van der Waals surface area contributed by atoms with Crippen LogP contribution in [0.3, 0.4) is 0 Å². The number of esters is 1. The molecule has 2 aromatic carbocycles. The van der Waals surface area contributed by atoms with E-state index in [2.05, 4.69) is 20.9 Å². The van der Waals surface area contributed by atoms with E-state index in [0.717, 1.165) is 20.6 Å². The van der Waals surface area contributed by atoms with Gasteiger partial charge in [0.05, 0.1) is 12.3 Å². The summed E-state index contributed by atoms with van der Waals surface area (Å²) in [7, 11) is 0. The van der Waals surface area contributed by atoms with Crippen molar-refractivity contribution < 1.29 is 9.53 Å². The molecule has 0 fully saturated rings. The van der Waals surface area contributed by atoms with Gasteiger partial charge in [0, 0.05) is 20.6 Å². The van der Waals surface area contributed by atoms with Gasteiger partial charge in [-0.15, -0.1) is 11.3 Å². The monoisotopic (exact) mass is 421 g/mol. The van der Waals surface area contributed by atoms with Gasteiger partial charge >= 0.3 is 5.97 Å². The zero-order valence-corrected chi connectivity index (χ0v) is 15.9. The first kappa shape index (κ1) is 17.1. The minimum Gasteiger partial charge on any atom is -0.462 e. The smallest absolute Gasteiger partial charge is 0.350 e. The number of nitrogens with zero attached hydrogens (tertiary/aromatic N) is 1. The van der Waals surface area contributed by atoms with Crippen molar-refractivity contribution in [3.8, 4) is 21.8 Å². The van der Waals surface area contributed by atoms with Crippen LogP contribution in [0.15, 0.2) is 53.0 Å². The van der Waals surface area contributed by atoms with E-state index in [4.69, 9.17) is 16.3 Å². The van der Waals surface area contributed by atoms with Gasteiger partial charge in [-0.05, 0) is 31.2 Å². The largest absolute Gasteiger partial charge is 0.462 e. The summed E-state index contributed by atoms with van der Waals surface area (Å²) in [5.41, 5.74) is 2.42. The molecule has 0 atom stereocenters. The van der Waals surface area contributed by atoms with Gasteiger partial charge in [0.1, 0.15) is 9.88 Å². The molecule has 3 aromatic rings. The number of carbonyl (C=O) groups is 1. The third-order valence-corrected chi connectivity index (χ3v) is 5.16. The molecule has 0 aliphatic heterocycles. The second-order valence-corrected chi connectivity index (χ2v) is 7.28. The standard InChI is InChI=1S/C18H13BrClNO2S/c1-2-23-18(22)16-15(11-3-7-13(19)8-4-11)21-17(24-16)12-5-9-14(20)10-6-12/h3-10H,2H2,1H3. The third-order valence-electron chi connectivity index (χ3n) is 3.30. The van der Waals surface area contributed by atoms with Crippen molar-refractivity contribution in [2.24, 2.45) is 0 Å². The van der Waals surface area contributed by atoms with Gasteiger partial charge < -0.3 is 4.74 Å². The minimum atomic E-state index is -0.354. The van der Waals surface area contributed by atoms with Crippen LogP contribution >= 0.6 is 38.9 Å². The normalized spacial score (nSPS) is 10.6. The lowest BCUT2D eigenvalue weighted by Gasteiger charge is -2.02. The number of hydrogen-bond donors (Lipinski definition) is 0. The van der Waals surface area contributed by atoms with Crippen LogP contribution in [0.25, 0.3) is 21.8 Å². The first-order valence-electron chi connectivity index (χ1n) is 7.28. The molecule has 0 saturated heterocycles. The zero-order valence-electron chi connectivity index (χ0n) is 12.8. The zero-order chi connectivity index (χ0) is 17.1. The minimum absolute atomic E-state index is 0.326. The third kappa shape index (κ3) is 3.69. The Labute approximate surface area is 157 Å². The van der Waals surface area contributed by atoms with Crippen LogP contribution in [-0.4, -0.2) is 17.6 Å². The van der Waals surface area contributed by atoms with E-state index in [1.807, 2.05) is 48.5 Å². The van der Waals surface area contributed by atoms with Crippen LogP contribution in [0.4, 0.5) is 0 Å². The van der Waals surface area contributed by atoms with Crippen LogP contribution < -0.4 is 0 Å². The van der Waals surface area contributed by atoms with Crippen molar-refractivity contribution in [2.45, 2.75) is 6.92 Å². The number of ether oxygens (including phenoxy) is 1. The summed E-state index contributed by atoms with van der Waals surface area (Å²) in [6, 6.07) is 15.1. The summed E-state index contributed by atoms with van der Waals surface area (Å²) in [5.74, 6) is -0.354. The molecule has 0 bridgehead atoms. The molecule has 3 nitrogen and oxygen atoms in total. The topological polar surface area (TPSA) is 39.2 Å². The number of benzene rings is 2. The summed E-state index contributed by atoms with van der Waals surface area (Å²) >= 11 is 10.7. The van der Waals surface area contributed by atoms with E-state index >= 15 is 0 Å². The van der Waals surface area contributed by atoms with E-state index < -0.39 is 0 Å². The predicted octanol–water partition coefficient (Wildman–Crippen LogP) is 6.07. The van der Waals surface area contributed by atoms with Gasteiger partial charge in [-0.2, -0.15) is 0 Å². The van der Waals surface area contributed by atoms with Gasteiger partial charge in [-0.3, -0.25) is 0 Å². The van der Waals surface area contributed by atoms with Crippen LogP contribution in [-0.2, 0) is 4.74 Å². The quantitative estimate of drug-likeness (QED) is 0.479. The Morgan fingerprint density at radius 1 is 1.12 bits per heavy atom. The second kappa shape index (κ2) is 7.47. The van der Waals surface area contributed by atoms with Gasteiger partial charge in [-0.1, -0.05) is 51.8 Å². The maximum atomic E-state index is 12.3. The lowest BCUT2D eigenvalue weighted by molar-refractivity contribution is 0.0532. The average Bonchev–Trinajstić information content (AvgIpc) is 3.02. The highest BCUT2D eigenvalue weighted by Gasteiger charge is 2.21. The van der Waals surface area contributed by atoms with Crippen LogP contribution in [0.5, 0.6) is 0 Å². The van der Waals surface area contributed by atoms with Crippen molar-refractivity contribution in [1.29, 1.82) is 0 Å². The molecule has 0 amide bonds. The van der Waals surface area contributed by atoms with Gasteiger partial charge in [0.2, 0.25) is 0 Å². The molecule has 122 valence electrons. The SMILES string of the molecule is CCOC(=O)c1sc(-c2ccc(Cl)cc2)nc1-c1ccc(Br)cc1. The van der Waals surface area contributed by atoms with E-state index in [9.17, 15) is 4.79 Å². The molecular formula is C18H13BrClNO2S. The van der Waals surface area contributed by atoms with Gasteiger partial charge in [0.25, 0.3) is 0 Å². The van der Waals surface area contributed by atoms with E-state index in [0.29, 0.717) is 22.2 Å². The molecule has 0 aliphatic carbocycles. The second-order valence-electron chi connectivity index (χ2n) is 4.93. The molecule has 0 N–H and O–H groups in total. The summed E-state index contributed by atoms with van der Waals surface area (Å²) in [6.07, 6.45) is 0. The first-order valence-corrected chi connectivity index (χ1v) is 9.27. The Balaban J connectivity index is 2.10. The van der Waals surface area contributed by atoms with Crippen LogP contribution in [0, 0.1) is 0 Å². The molecule has 24 heavy (non-hydrogen) atoms. The number of aromatic nitrogens is 1. The highest BCUT2D eigenvalue weighted by molar-refractivity contribution is 9.10. The summed E-state index contributed by atoms with van der Waals surface area (Å²) in [5, 5.41) is 1.42. The fraction of sp³-hybridized carbons (Fsp3) is 0.111. The highest BCUT2D eigenvalue weighted by Crippen LogP contribution is 2.35. The molecule has 1 heterocycles. The van der Waals surface area contributed by atoms with Crippen molar-refractivity contribution in [2.75, 3.05) is 6.61 Å². The predicted molar refractivity (Wildman–Crippen MR) is 102 cm³/mol. The number of carbonyl (C=O) groups excluding carboxylic acids is 1. The van der Waals surface area contributed by atoms with Gasteiger partial charge in [-0.25, -0.2) is 9.78 Å². The Kier molecular flexibility index (Phi) is 5.33. The molecule has 0 unspecified atom stereocenters. The lowest BCUT2D eigenvalue weighted by Crippen LogP contribution is -2.03. The highest BCUT2D eigenvalue weighted by atomic mass is 79.9. The Morgan fingerprint density at radius 2 is 1.75 bits per heavy atom. The fourth-order valence-corrected chi connectivity index (χ4v) is 3.55. The molecular weight excluding hydrogens is 410 g/mol. The Hall–Kier alpha value is -1.69. The summed E-state index contributed by atoms with van der Waals surface area (Å²) < 4.78 is 6.15. The van der Waals surface area contributed by atoms with Gasteiger partial charge in [0.15, 0.2) is 0 Å². The Morgan fingerprint density at radius 3 is 2.38 bits per heavy atom. The van der Waals surface area contributed by atoms with Crippen molar-refractivity contribution in [3.63, 3.8) is 0 Å². The molecule has 3 rings (SSSR count). The van der Waals surface area contributed by atoms with Crippen molar-refractivity contribution in [1.82, 2.24) is 4.98 Å². The molecule has 6 heteroatoms. The average molecular weight is 423 g/mol.